The Kier molecular flexibility index (Phi) is 17.3. The van der Waals surface area contributed by atoms with Crippen molar-refractivity contribution in [3.63, 3.8) is 0 Å². The Labute approximate surface area is 350 Å². The summed E-state index contributed by atoms with van der Waals surface area (Å²) >= 11 is 1.08. The average molecular weight is 846 g/mol. The number of carbonyl (C=O) groups excluding carboxylic acids is 6. The molecule has 0 bridgehead atoms. The highest BCUT2D eigenvalue weighted by atomic mass is 32.2. The van der Waals surface area contributed by atoms with Gasteiger partial charge < -0.3 is 15.5 Å². The van der Waals surface area contributed by atoms with Gasteiger partial charge >= 0.3 is 0 Å². The minimum Gasteiger partial charge on any atom is -0.342 e. The van der Waals surface area contributed by atoms with E-state index in [0.717, 1.165) is 43.0 Å². The number of sulfonamides is 1. The molecule has 1 heterocycles. The standard InChI is InChI=1S/C43H67N5O8S2/c1-12-33(49)30-20-18-29(19-21-30)26-48-35(50)25-34(40(48)53)57-22-23-58(55,56)46-38(51)28(4)24-32(27(2)3)47(11)41(54)37(42(5,6)7)45-39(52)36(44-10)43(8,9)31-16-14-13-15-17-31/h13-17,24,27,29-30,32,34,36-37,44H,12,18-23,25-26H2,1-11H3,(H,45,52)(H,46,51)/b28-24+/t29?,30?,32-,34?,36-,37-/m1/s1. The number of likely N-dealkylation sites (N-methyl/N-ethyl adjacent to an activating group) is 2. The lowest BCUT2D eigenvalue weighted by Gasteiger charge is -2.40. The second-order valence-electron chi connectivity index (χ2n) is 17.8. The summed E-state index contributed by atoms with van der Waals surface area (Å²) in [5.74, 6) is -2.33. The Hall–Kier alpha value is -3.56. The van der Waals surface area contributed by atoms with Crippen molar-refractivity contribution >= 4 is 57.1 Å². The Morgan fingerprint density at radius 1 is 0.983 bits per heavy atom. The van der Waals surface area contributed by atoms with Crippen LogP contribution < -0.4 is 15.4 Å². The summed E-state index contributed by atoms with van der Waals surface area (Å²) in [7, 11) is -0.800. The van der Waals surface area contributed by atoms with Gasteiger partial charge in [0.2, 0.25) is 33.7 Å². The number of rotatable bonds is 19. The Morgan fingerprint density at radius 2 is 1.59 bits per heavy atom. The zero-order valence-electron chi connectivity index (χ0n) is 36.3. The number of Topliss-reactive ketones (excluding diaryl/α,β-unsaturated/α-hetero) is 1. The molecular formula is C43H67N5O8S2. The summed E-state index contributed by atoms with van der Waals surface area (Å²) in [6, 6.07) is 7.44. The number of carbonyl (C=O) groups is 6. The maximum atomic E-state index is 14.2. The Balaban J connectivity index is 1.61. The molecular weight excluding hydrogens is 779 g/mol. The fraction of sp³-hybridized carbons (Fsp3) is 0.674. The van der Waals surface area contributed by atoms with E-state index in [-0.39, 0.29) is 64.9 Å². The van der Waals surface area contributed by atoms with Gasteiger partial charge in [-0.25, -0.2) is 13.1 Å². The number of ketones is 1. The number of nitrogens with one attached hydrogen (secondary N) is 3. The summed E-state index contributed by atoms with van der Waals surface area (Å²) < 4.78 is 28.2. The van der Waals surface area contributed by atoms with Crippen LogP contribution in [0.25, 0.3) is 0 Å². The molecule has 2 aliphatic rings. The summed E-state index contributed by atoms with van der Waals surface area (Å²) in [5, 5.41) is 5.45. The fourth-order valence-corrected chi connectivity index (χ4v) is 10.5. The minimum atomic E-state index is -4.11. The first-order valence-corrected chi connectivity index (χ1v) is 23.2. The molecule has 1 aromatic rings. The van der Waals surface area contributed by atoms with E-state index in [1.807, 2.05) is 85.7 Å². The predicted molar refractivity (Wildman–Crippen MR) is 229 cm³/mol. The average Bonchev–Trinajstić information content (AvgIpc) is 3.42. The van der Waals surface area contributed by atoms with Crippen LogP contribution in [-0.2, 0) is 44.2 Å². The van der Waals surface area contributed by atoms with Crippen molar-refractivity contribution in [3.05, 3.63) is 47.5 Å². The third kappa shape index (κ3) is 12.7. The highest BCUT2D eigenvalue weighted by molar-refractivity contribution is 8.01. The highest BCUT2D eigenvalue weighted by Crippen LogP contribution is 2.34. The molecule has 0 aromatic heterocycles. The zero-order chi connectivity index (χ0) is 43.7. The van der Waals surface area contributed by atoms with Gasteiger partial charge in [0.05, 0.1) is 23.1 Å². The van der Waals surface area contributed by atoms with Crippen LogP contribution in [0.3, 0.4) is 0 Å². The van der Waals surface area contributed by atoms with Crippen LogP contribution in [-0.4, -0.2) is 109 Å². The summed E-state index contributed by atoms with van der Waals surface area (Å²) in [4.78, 5) is 82.1. The molecule has 3 rings (SSSR count). The number of hydrogen-bond acceptors (Lipinski definition) is 10. The van der Waals surface area contributed by atoms with Crippen LogP contribution in [0.2, 0.25) is 0 Å². The van der Waals surface area contributed by atoms with Crippen molar-refractivity contribution in [1.29, 1.82) is 0 Å². The second-order valence-corrected chi connectivity index (χ2v) is 21.0. The zero-order valence-corrected chi connectivity index (χ0v) is 38.0. The van der Waals surface area contributed by atoms with E-state index in [4.69, 9.17) is 0 Å². The van der Waals surface area contributed by atoms with Crippen molar-refractivity contribution in [3.8, 4) is 0 Å². The molecule has 5 amide bonds. The first-order chi connectivity index (χ1) is 26.9. The van der Waals surface area contributed by atoms with Gasteiger partial charge in [0.15, 0.2) is 0 Å². The normalized spacial score (nSPS) is 21.1. The quantitative estimate of drug-likeness (QED) is 0.132. The second kappa shape index (κ2) is 20.6. The van der Waals surface area contributed by atoms with E-state index in [9.17, 15) is 37.2 Å². The molecule has 15 heteroatoms. The molecule has 58 heavy (non-hydrogen) atoms. The third-order valence-electron chi connectivity index (χ3n) is 11.7. The van der Waals surface area contributed by atoms with Gasteiger partial charge in [0.25, 0.3) is 5.91 Å². The van der Waals surface area contributed by atoms with E-state index in [2.05, 4.69) is 15.4 Å². The third-order valence-corrected chi connectivity index (χ3v) is 14.4. The Morgan fingerprint density at radius 3 is 2.12 bits per heavy atom. The molecule has 4 atom stereocenters. The van der Waals surface area contributed by atoms with E-state index in [1.54, 1.807) is 20.2 Å². The molecule has 324 valence electrons. The summed E-state index contributed by atoms with van der Waals surface area (Å²) in [6.07, 6.45) is 5.16. The minimum absolute atomic E-state index is 0.00412. The van der Waals surface area contributed by atoms with Gasteiger partial charge in [-0.15, -0.1) is 11.8 Å². The number of imide groups is 1. The van der Waals surface area contributed by atoms with Crippen LogP contribution in [0.4, 0.5) is 0 Å². The largest absolute Gasteiger partial charge is 0.342 e. The molecule has 1 aliphatic carbocycles. The number of likely N-dealkylation sites (tertiary alicyclic amines) is 1. The van der Waals surface area contributed by atoms with Crippen LogP contribution in [0, 0.1) is 23.2 Å². The monoisotopic (exact) mass is 845 g/mol. The number of benzene rings is 1. The lowest BCUT2D eigenvalue weighted by Crippen LogP contribution is -2.61. The molecule has 3 N–H and O–H groups in total. The maximum Gasteiger partial charge on any atom is 0.260 e. The first-order valence-electron chi connectivity index (χ1n) is 20.5. The van der Waals surface area contributed by atoms with E-state index in [0.29, 0.717) is 13.0 Å². The van der Waals surface area contributed by atoms with Crippen molar-refractivity contribution in [1.82, 2.24) is 25.2 Å². The maximum absolute atomic E-state index is 14.2. The van der Waals surface area contributed by atoms with Crippen molar-refractivity contribution in [2.75, 3.05) is 32.1 Å². The molecule has 2 fully saturated rings. The van der Waals surface area contributed by atoms with Crippen molar-refractivity contribution in [2.45, 2.75) is 130 Å². The first kappa shape index (κ1) is 48.8. The molecule has 1 aliphatic heterocycles. The molecule has 0 spiro atoms. The molecule has 1 saturated heterocycles. The predicted octanol–water partition coefficient (Wildman–Crippen LogP) is 4.60. The van der Waals surface area contributed by atoms with Crippen molar-refractivity contribution in [2.24, 2.45) is 23.2 Å². The van der Waals surface area contributed by atoms with Crippen LogP contribution in [0.1, 0.15) is 106 Å². The number of nitrogens with zero attached hydrogens (tertiary/aromatic N) is 2. The van der Waals surface area contributed by atoms with Gasteiger partial charge in [-0.3, -0.25) is 33.7 Å². The number of amides is 5. The van der Waals surface area contributed by atoms with Crippen LogP contribution in [0.15, 0.2) is 42.0 Å². The van der Waals surface area contributed by atoms with E-state index in [1.165, 1.54) is 16.7 Å². The Bertz CT molecular complexity index is 1780. The van der Waals surface area contributed by atoms with E-state index < -0.39 is 55.9 Å². The van der Waals surface area contributed by atoms with E-state index >= 15 is 0 Å². The highest BCUT2D eigenvalue weighted by Gasteiger charge is 2.43. The molecule has 1 unspecified atom stereocenters. The fourth-order valence-electron chi connectivity index (χ4n) is 7.92. The van der Waals surface area contributed by atoms with Crippen LogP contribution in [0.5, 0.6) is 0 Å². The molecule has 1 aromatic carbocycles. The smallest absolute Gasteiger partial charge is 0.260 e. The molecule has 1 saturated carbocycles. The van der Waals surface area contributed by atoms with Gasteiger partial charge in [-0.05, 0) is 62.5 Å². The van der Waals surface area contributed by atoms with Gasteiger partial charge in [0, 0.05) is 49.1 Å². The molecule has 13 nitrogen and oxygen atoms in total. The van der Waals surface area contributed by atoms with Gasteiger partial charge in [-0.1, -0.05) is 91.8 Å². The number of hydrogen-bond donors (Lipinski definition) is 3. The van der Waals surface area contributed by atoms with Gasteiger partial charge in [-0.2, -0.15) is 0 Å². The lowest BCUT2D eigenvalue weighted by molar-refractivity contribution is -0.141. The van der Waals surface area contributed by atoms with Gasteiger partial charge in [0.1, 0.15) is 11.8 Å². The topological polar surface area (TPSA) is 179 Å². The number of thioether (sulfide) groups is 1. The van der Waals surface area contributed by atoms with Crippen LogP contribution >= 0.6 is 11.8 Å². The summed E-state index contributed by atoms with van der Waals surface area (Å²) in [5.41, 5.74) is -0.258. The molecule has 0 radical (unpaired) electrons. The summed E-state index contributed by atoms with van der Waals surface area (Å²) in [6.45, 7) is 16.9. The lowest BCUT2D eigenvalue weighted by atomic mass is 9.76. The SMILES string of the molecule is CCC(=O)C1CCC(CN2C(=O)CC(SCCS(=O)(=O)NC(=O)/C(C)=C/[C@H](C(C)C)N(C)C(=O)[C@@H](NC(=O)[C@@H](NC)C(C)(C)c3ccccc3)C(C)(C)C)C2=O)CC1. The van der Waals surface area contributed by atoms with Crippen molar-refractivity contribution < 1.29 is 37.2 Å².